The summed E-state index contributed by atoms with van der Waals surface area (Å²) in [6.07, 6.45) is 0. The van der Waals surface area contributed by atoms with Crippen molar-refractivity contribution in [2.45, 2.75) is 6.92 Å². The molecular weight excluding hydrogens is 312 g/mol. The van der Waals surface area contributed by atoms with E-state index in [1.807, 2.05) is 13.0 Å². The minimum atomic E-state index is 0. The standard InChI is InChI=1S/C8H7Cl2.BrH.Zn/c1-5-3-4-7(9)6(2)8(5)10;;/h3-4H,2H2,1H3;1H;/q-1;;+2/p-1. The van der Waals surface area contributed by atoms with Gasteiger partial charge in [0.1, 0.15) is 0 Å². The van der Waals surface area contributed by atoms with E-state index in [0.717, 1.165) is 5.56 Å². The number of rotatable bonds is 0. The van der Waals surface area contributed by atoms with Gasteiger partial charge >= 0.3 is 19.5 Å². The first-order chi connectivity index (χ1) is 4.63. The van der Waals surface area contributed by atoms with Crippen LogP contribution in [-0.2, 0) is 19.5 Å². The largest absolute Gasteiger partial charge is 2.00 e. The molecule has 62 valence electrons. The van der Waals surface area contributed by atoms with Gasteiger partial charge in [-0.15, -0.1) is 6.07 Å². The van der Waals surface area contributed by atoms with E-state index in [2.05, 4.69) is 6.92 Å². The molecule has 0 saturated carbocycles. The summed E-state index contributed by atoms with van der Waals surface area (Å²) in [5, 5.41) is 1.28. The summed E-state index contributed by atoms with van der Waals surface area (Å²) in [5.41, 5.74) is 1.72. The predicted octanol–water partition coefficient (Wildman–Crippen LogP) is 0.486. The van der Waals surface area contributed by atoms with Gasteiger partial charge in [-0.3, -0.25) is 0 Å². The maximum absolute atomic E-state index is 5.84. The molecule has 0 aliphatic heterocycles. The predicted molar refractivity (Wildman–Crippen MR) is 45.7 cm³/mol. The Kier molecular flexibility index (Phi) is 7.96. The van der Waals surface area contributed by atoms with Gasteiger partial charge in [0, 0.05) is 0 Å². The summed E-state index contributed by atoms with van der Waals surface area (Å²) in [5.74, 6) is 0. The molecule has 1 rings (SSSR count). The molecule has 1 aromatic rings. The van der Waals surface area contributed by atoms with Crippen LogP contribution in [0.3, 0.4) is 0 Å². The van der Waals surface area contributed by atoms with Crippen molar-refractivity contribution in [3.63, 3.8) is 0 Å². The van der Waals surface area contributed by atoms with E-state index in [0.29, 0.717) is 15.6 Å². The smallest absolute Gasteiger partial charge is 1.00 e. The van der Waals surface area contributed by atoms with Gasteiger partial charge in [0.25, 0.3) is 0 Å². The minimum absolute atomic E-state index is 0. The van der Waals surface area contributed by atoms with Gasteiger partial charge in [-0.25, -0.2) is 0 Å². The molecule has 0 saturated heterocycles. The van der Waals surface area contributed by atoms with E-state index in [4.69, 9.17) is 23.2 Å². The Morgan fingerprint density at radius 2 is 1.75 bits per heavy atom. The summed E-state index contributed by atoms with van der Waals surface area (Å²) >= 11 is 11.6. The normalized spacial score (nSPS) is 8.25. The van der Waals surface area contributed by atoms with Crippen LogP contribution in [0.15, 0.2) is 12.1 Å². The van der Waals surface area contributed by atoms with Crippen molar-refractivity contribution in [2.24, 2.45) is 0 Å². The Labute approximate surface area is 106 Å². The summed E-state index contributed by atoms with van der Waals surface area (Å²) in [7, 11) is 0. The molecule has 0 bridgehead atoms. The number of hydrogen-bond donors (Lipinski definition) is 0. The molecule has 0 aromatic heterocycles. The summed E-state index contributed by atoms with van der Waals surface area (Å²) in [4.78, 5) is 0. The van der Waals surface area contributed by atoms with E-state index in [9.17, 15) is 0 Å². The molecule has 0 nitrogen and oxygen atoms in total. The zero-order valence-electron chi connectivity index (χ0n) is 6.70. The van der Waals surface area contributed by atoms with Gasteiger partial charge in [-0.2, -0.15) is 35.7 Å². The van der Waals surface area contributed by atoms with Crippen molar-refractivity contribution < 1.29 is 36.5 Å². The van der Waals surface area contributed by atoms with Gasteiger partial charge in [0.05, 0.1) is 0 Å². The quantitative estimate of drug-likeness (QED) is 0.482. The van der Waals surface area contributed by atoms with Crippen molar-refractivity contribution >= 4 is 23.2 Å². The zero-order valence-corrected chi connectivity index (χ0v) is 12.8. The van der Waals surface area contributed by atoms with Gasteiger partial charge < -0.3 is 17.0 Å². The summed E-state index contributed by atoms with van der Waals surface area (Å²) in [6, 6.07) is 3.67. The van der Waals surface area contributed by atoms with E-state index in [1.165, 1.54) is 0 Å². The Morgan fingerprint density at radius 1 is 1.25 bits per heavy atom. The van der Waals surface area contributed by atoms with Crippen LogP contribution in [-0.4, -0.2) is 0 Å². The third-order valence-corrected chi connectivity index (χ3v) is 2.26. The van der Waals surface area contributed by atoms with Crippen LogP contribution >= 0.6 is 23.2 Å². The minimum Gasteiger partial charge on any atom is -1.00 e. The van der Waals surface area contributed by atoms with Crippen LogP contribution in [0.1, 0.15) is 11.1 Å². The van der Waals surface area contributed by atoms with Crippen molar-refractivity contribution in [3.8, 4) is 0 Å². The van der Waals surface area contributed by atoms with Crippen LogP contribution < -0.4 is 17.0 Å². The van der Waals surface area contributed by atoms with Crippen molar-refractivity contribution in [1.29, 1.82) is 0 Å². The first-order valence-corrected chi connectivity index (χ1v) is 3.65. The monoisotopic (exact) mass is 316 g/mol. The van der Waals surface area contributed by atoms with Crippen LogP contribution in [0.2, 0.25) is 10.0 Å². The molecule has 4 heteroatoms. The van der Waals surface area contributed by atoms with Crippen LogP contribution in [0.4, 0.5) is 0 Å². The topological polar surface area (TPSA) is 0 Å². The average molecular weight is 319 g/mol. The average Bonchev–Trinajstić information content (AvgIpc) is 1.93. The first-order valence-electron chi connectivity index (χ1n) is 2.89. The molecule has 0 heterocycles. The number of hydrogen-bond acceptors (Lipinski definition) is 0. The van der Waals surface area contributed by atoms with E-state index >= 15 is 0 Å². The molecule has 0 fully saturated rings. The van der Waals surface area contributed by atoms with Crippen LogP contribution in [0.5, 0.6) is 0 Å². The maximum atomic E-state index is 5.84. The number of aryl methyl sites for hydroxylation is 1. The zero-order chi connectivity index (χ0) is 7.72. The number of halogens is 3. The Bertz CT molecular complexity index is 236. The van der Waals surface area contributed by atoms with Crippen LogP contribution in [0.25, 0.3) is 0 Å². The third-order valence-electron chi connectivity index (χ3n) is 1.38. The second-order valence-electron chi connectivity index (χ2n) is 2.16. The molecule has 0 N–H and O–H groups in total. The molecule has 0 atom stereocenters. The molecule has 0 aliphatic carbocycles. The summed E-state index contributed by atoms with van der Waals surface area (Å²) in [6.45, 7) is 5.64. The van der Waals surface area contributed by atoms with Crippen molar-refractivity contribution in [3.05, 3.63) is 40.2 Å². The SMILES string of the molecule is [Br-].[CH2-]c1c(Cl)ccc(C)c1Cl.[Zn+2]. The van der Waals surface area contributed by atoms with Gasteiger partial charge in [-0.05, 0) is 6.92 Å². The second kappa shape index (κ2) is 6.26. The fourth-order valence-electron chi connectivity index (χ4n) is 0.715. The second-order valence-corrected chi connectivity index (χ2v) is 2.94. The van der Waals surface area contributed by atoms with Crippen molar-refractivity contribution in [2.75, 3.05) is 0 Å². The van der Waals surface area contributed by atoms with Gasteiger partial charge in [-0.1, -0.05) is 21.7 Å². The molecule has 0 radical (unpaired) electrons. The molecule has 12 heavy (non-hydrogen) atoms. The molecule has 0 amide bonds. The third kappa shape index (κ3) is 3.26. The molecular formula is C8H7BrCl2Zn. The Balaban J connectivity index is 0. The van der Waals surface area contributed by atoms with Crippen LogP contribution in [0, 0.1) is 13.8 Å². The molecule has 0 spiro atoms. The Morgan fingerprint density at radius 3 is 2.17 bits per heavy atom. The molecule has 0 unspecified atom stereocenters. The summed E-state index contributed by atoms with van der Waals surface area (Å²) < 4.78 is 0. The molecule has 1 aromatic carbocycles. The van der Waals surface area contributed by atoms with Gasteiger partial charge in [0.15, 0.2) is 0 Å². The first kappa shape index (κ1) is 15.3. The number of benzene rings is 1. The fourth-order valence-corrected chi connectivity index (χ4v) is 1.09. The fraction of sp³-hybridized carbons (Fsp3) is 0.125. The van der Waals surface area contributed by atoms with Gasteiger partial charge in [0.2, 0.25) is 0 Å². The van der Waals surface area contributed by atoms with E-state index in [1.54, 1.807) is 6.07 Å². The Hall–Kier alpha value is 0.773. The van der Waals surface area contributed by atoms with Crippen molar-refractivity contribution in [1.82, 2.24) is 0 Å². The van der Waals surface area contributed by atoms with E-state index in [-0.39, 0.29) is 36.5 Å². The van der Waals surface area contributed by atoms with E-state index < -0.39 is 0 Å². The maximum Gasteiger partial charge on any atom is 2.00 e. The molecule has 0 aliphatic rings.